The Bertz CT molecular complexity index is 1270. The molecule has 0 amide bonds. The molecule has 0 saturated carbocycles. The Morgan fingerprint density at radius 3 is 2.03 bits per heavy atom. The van der Waals surface area contributed by atoms with Gasteiger partial charge in [-0.05, 0) is 67.6 Å². The molecule has 0 radical (unpaired) electrons. The Hall–Kier alpha value is -3.99. The smallest absolute Gasteiger partial charge is 0.149 e. The van der Waals surface area contributed by atoms with E-state index in [1.54, 1.807) is 20.5 Å². The zero-order valence-electron chi connectivity index (χ0n) is 17.6. The Morgan fingerprint density at radius 1 is 0.774 bits per heavy atom. The van der Waals surface area contributed by atoms with Crippen molar-refractivity contribution in [2.24, 2.45) is 0 Å². The minimum atomic E-state index is 0.785. The fourth-order valence-electron chi connectivity index (χ4n) is 3.87. The third kappa shape index (κ3) is 3.24. The minimum absolute atomic E-state index is 0.785. The first-order valence-corrected chi connectivity index (χ1v) is 10.0. The van der Waals surface area contributed by atoms with Gasteiger partial charge in [0.25, 0.3) is 0 Å². The molecule has 0 unspecified atom stereocenters. The molecular weight excluding hydrogens is 388 g/mol. The predicted molar refractivity (Wildman–Crippen MR) is 122 cm³/mol. The van der Waals surface area contributed by atoms with E-state index in [9.17, 15) is 0 Å². The van der Waals surface area contributed by atoms with Gasteiger partial charge >= 0.3 is 0 Å². The number of para-hydroxylation sites is 1. The van der Waals surface area contributed by atoms with E-state index in [1.807, 2.05) is 67.6 Å². The van der Waals surface area contributed by atoms with Crippen molar-refractivity contribution in [2.75, 3.05) is 14.2 Å². The van der Waals surface area contributed by atoms with E-state index < -0.39 is 0 Å². The molecule has 0 saturated heterocycles. The maximum atomic E-state index is 5.95. The maximum Gasteiger partial charge on any atom is 0.149 e. The first-order valence-electron chi connectivity index (χ1n) is 10.0. The second-order valence-electron chi connectivity index (χ2n) is 7.30. The summed E-state index contributed by atoms with van der Waals surface area (Å²) in [5, 5.41) is 0. The van der Waals surface area contributed by atoms with Gasteiger partial charge in [0.05, 0.1) is 36.9 Å². The number of aromatic nitrogens is 2. The second kappa shape index (κ2) is 7.69. The van der Waals surface area contributed by atoms with E-state index >= 15 is 0 Å². The van der Waals surface area contributed by atoms with E-state index in [0.29, 0.717) is 0 Å². The van der Waals surface area contributed by atoms with Crippen molar-refractivity contribution < 1.29 is 14.2 Å². The number of benzene rings is 3. The van der Waals surface area contributed by atoms with E-state index in [1.165, 1.54) is 0 Å². The van der Waals surface area contributed by atoms with Crippen molar-refractivity contribution in [3.8, 4) is 51.2 Å². The van der Waals surface area contributed by atoms with Crippen LogP contribution in [0.25, 0.3) is 39.6 Å². The number of hydrogen-bond acceptors (Lipinski definition) is 4. The minimum Gasteiger partial charge on any atom is -0.497 e. The average Bonchev–Trinajstić information content (AvgIpc) is 3.17. The number of imidazole rings is 1. The lowest BCUT2D eigenvalue weighted by molar-refractivity contribution is 0.414. The lowest BCUT2D eigenvalue weighted by atomic mass is 10.0. The van der Waals surface area contributed by atoms with Gasteiger partial charge in [0, 0.05) is 11.1 Å². The molecule has 0 aliphatic carbocycles. The number of hydrogen-bond donors (Lipinski definition) is 0. The summed E-state index contributed by atoms with van der Waals surface area (Å²) in [5.74, 6) is 3.25. The normalized spacial score (nSPS) is 12.2. The van der Waals surface area contributed by atoms with Crippen LogP contribution in [0.4, 0.5) is 0 Å². The molecule has 0 bridgehead atoms. The molecule has 1 aliphatic rings. The van der Waals surface area contributed by atoms with Crippen LogP contribution in [-0.4, -0.2) is 23.8 Å². The zero-order valence-corrected chi connectivity index (χ0v) is 17.6. The third-order valence-electron chi connectivity index (χ3n) is 5.44. The predicted octanol–water partition coefficient (Wildman–Crippen LogP) is 6.11. The number of rotatable bonds is 4. The lowest BCUT2D eigenvalue weighted by Crippen LogP contribution is -1.99. The molecule has 3 aromatic carbocycles. The molecule has 0 atom stereocenters. The first kappa shape index (κ1) is 19.0. The van der Waals surface area contributed by atoms with Crippen molar-refractivity contribution in [3.63, 3.8) is 0 Å². The van der Waals surface area contributed by atoms with Crippen LogP contribution in [0.2, 0.25) is 0 Å². The van der Waals surface area contributed by atoms with Gasteiger partial charge in [-0.2, -0.15) is 0 Å². The molecule has 2 heterocycles. The Labute approximate surface area is 181 Å². The molecule has 31 heavy (non-hydrogen) atoms. The van der Waals surface area contributed by atoms with Gasteiger partial charge in [-0.1, -0.05) is 12.1 Å². The number of ether oxygens (including phenoxy) is 3. The molecule has 5 heteroatoms. The summed E-state index contributed by atoms with van der Waals surface area (Å²) >= 11 is 0. The quantitative estimate of drug-likeness (QED) is 0.407. The van der Waals surface area contributed by atoms with Gasteiger partial charge in [0.1, 0.15) is 29.3 Å². The van der Waals surface area contributed by atoms with Crippen LogP contribution in [0, 0.1) is 0 Å². The van der Waals surface area contributed by atoms with Gasteiger partial charge in [-0.15, -0.1) is 0 Å². The SMILES string of the molecule is COc1ccc(-c2nc3n(c2-c2ccc(OC)cc2)C(C)=COc2ccccc2-3)cc1. The first-order chi connectivity index (χ1) is 15.2. The summed E-state index contributed by atoms with van der Waals surface area (Å²) < 4.78 is 18.8. The van der Waals surface area contributed by atoms with Crippen LogP contribution in [0.5, 0.6) is 17.2 Å². The number of fused-ring (bicyclic) bond motifs is 3. The van der Waals surface area contributed by atoms with Crippen LogP contribution in [0.3, 0.4) is 0 Å². The van der Waals surface area contributed by atoms with Gasteiger partial charge in [0.2, 0.25) is 0 Å². The molecule has 0 N–H and O–H groups in total. The van der Waals surface area contributed by atoms with Crippen molar-refractivity contribution in [3.05, 3.63) is 79.1 Å². The number of allylic oxidation sites excluding steroid dienone is 1. The highest BCUT2D eigenvalue weighted by Crippen LogP contribution is 2.42. The summed E-state index contributed by atoms with van der Waals surface area (Å²) in [4.78, 5) is 5.12. The third-order valence-corrected chi connectivity index (χ3v) is 5.44. The van der Waals surface area contributed by atoms with Gasteiger partial charge < -0.3 is 14.2 Å². The molecule has 5 rings (SSSR count). The fourth-order valence-corrected chi connectivity index (χ4v) is 3.87. The molecule has 0 fully saturated rings. The van der Waals surface area contributed by atoms with Crippen molar-refractivity contribution >= 4 is 5.70 Å². The maximum absolute atomic E-state index is 5.95. The van der Waals surface area contributed by atoms with Crippen molar-refractivity contribution in [1.82, 2.24) is 9.55 Å². The van der Waals surface area contributed by atoms with Gasteiger partial charge in [-0.3, -0.25) is 4.57 Å². The van der Waals surface area contributed by atoms with E-state index in [2.05, 4.69) is 16.7 Å². The Kier molecular flexibility index (Phi) is 4.71. The molecule has 154 valence electrons. The highest BCUT2D eigenvalue weighted by molar-refractivity contribution is 5.87. The van der Waals surface area contributed by atoms with Crippen molar-refractivity contribution in [1.29, 1.82) is 0 Å². The molecule has 5 nitrogen and oxygen atoms in total. The number of methoxy groups -OCH3 is 2. The summed E-state index contributed by atoms with van der Waals surface area (Å²) in [5.41, 5.74) is 5.84. The lowest BCUT2D eigenvalue weighted by Gasteiger charge is -2.12. The highest BCUT2D eigenvalue weighted by Gasteiger charge is 2.25. The molecular formula is C26H22N2O3. The molecule has 0 spiro atoms. The number of nitrogens with zero attached hydrogens (tertiary/aromatic N) is 2. The average molecular weight is 410 g/mol. The standard InChI is InChI=1S/C26H22N2O3/c1-17-16-31-23-7-5-4-6-22(23)26-27-24(18-8-12-20(29-2)13-9-18)25(28(17)26)19-10-14-21(30-3)15-11-19/h4-16H,1-3H3. The van der Waals surface area contributed by atoms with Crippen molar-refractivity contribution in [2.45, 2.75) is 6.92 Å². The van der Waals surface area contributed by atoms with Crippen LogP contribution in [0.15, 0.2) is 79.1 Å². The largest absolute Gasteiger partial charge is 0.497 e. The topological polar surface area (TPSA) is 45.5 Å². The summed E-state index contributed by atoms with van der Waals surface area (Å²) in [7, 11) is 3.34. The summed E-state index contributed by atoms with van der Waals surface area (Å²) in [6.45, 7) is 2.03. The highest BCUT2D eigenvalue weighted by atomic mass is 16.5. The summed E-state index contributed by atoms with van der Waals surface area (Å²) in [6, 6.07) is 24.0. The molecule has 1 aromatic heterocycles. The monoisotopic (exact) mass is 410 g/mol. The van der Waals surface area contributed by atoms with E-state index in [4.69, 9.17) is 19.2 Å². The van der Waals surface area contributed by atoms with Crippen LogP contribution < -0.4 is 14.2 Å². The van der Waals surface area contributed by atoms with Gasteiger partial charge in [-0.25, -0.2) is 4.98 Å². The molecule has 1 aliphatic heterocycles. The Morgan fingerprint density at radius 2 is 1.39 bits per heavy atom. The van der Waals surface area contributed by atoms with E-state index in [-0.39, 0.29) is 0 Å². The van der Waals surface area contributed by atoms with Crippen LogP contribution in [-0.2, 0) is 0 Å². The van der Waals surface area contributed by atoms with Crippen LogP contribution in [0.1, 0.15) is 6.92 Å². The fraction of sp³-hybridized carbons (Fsp3) is 0.115. The van der Waals surface area contributed by atoms with Crippen LogP contribution >= 0.6 is 0 Å². The van der Waals surface area contributed by atoms with Gasteiger partial charge in [0.15, 0.2) is 0 Å². The Balaban J connectivity index is 1.81. The van der Waals surface area contributed by atoms with E-state index in [0.717, 1.165) is 56.8 Å². The molecule has 4 aromatic rings. The summed E-state index contributed by atoms with van der Waals surface area (Å²) in [6.07, 6.45) is 1.78. The second-order valence-corrected chi connectivity index (χ2v) is 7.30. The zero-order chi connectivity index (χ0) is 21.4.